The first-order valence-corrected chi connectivity index (χ1v) is 11.1. The lowest BCUT2D eigenvalue weighted by Gasteiger charge is -2.33. The van der Waals surface area contributed by atoms with E-state index in [0.29, 0.717) is 0 Å². The quantitative estimate of drug-likeness (QED) is 0.522. The van der Waals surface area contributed by atoms with Crippen LogP contribution in [0.15, 0.2) is 11.0 Å². The molecule has 3 fully saturated rings. The molecular weight excluding hydrogens is 284 g/mol. The highest BCUT2D eigenvalue weighted by Crippen LogP contribution is 2.42. The van der Waals surface area contributed by atoms with Gasteiger partial charge in [-0.1, -0.05) is 51.0 Å². The standard InChI is InChI=1S/C21H36S/c1-17-12-14-20(15-13-17)22-16-21(18-8-4-2-5-9-18)19-10-6-3-7-11-19/h16-20H,2-15H2,1H3. The van der Waals surface area contributed by atoms with Crippen LogP contribution in [-0.2, 0) is 0 Å². The van der Waals surface area contributed by atoms with E-state index in [1.54, 1.807) is 0 Å². The minimum absolute atomic E-state index is 0.929. The van der Waals surface area contributed by atoms with E-state index in [-0.39, 0.29) is 0 Å². The summed E-state index contributed by atoms with van der Waals surface area (Å²) in [7, 11) is 0. The number of thioether (sulfide) groups is 1. The maximum Gasteiger partial charge on any atom is 0.00886 e. The molecule has 0 amide bonds. The Bertz CT molecular complexity index is 319. The zero-order chi connectivity index (χ0) is 15.2. The highest BCUT2D eigenvalue weighted by molar-refractivity contribution is 8.02. The molecule has 22 heavy (non-hydrogen) atoms. The lowest BCUT2D eigenvalue weighted by Crippen LogP contribution is -2.19. The third-order valence-corrected chi connectivity index (χ3v) is 7.78. The first-order valence-electron chi connectivity index (χ1n) is 10.2. The zero-order valence-electron chi connectivity index (χ0n) is 14.7. The molecule has 3 saturated carbocycles. The molecule has 0 nitrogen and oxygen atoms in total. The molecule has 3 aliphatic rings. The molecule has 0 spiro atoms. The average molecular weight is 321 g/mol. The predicted molar refractivity (Wildman–Crippen MR) is 100 cm³/mol. The molecule has 0 bridgehead atoms. The van der Waals surface area contributed by atoms with E-state index in [0.717, 1.165) is 23.0 Å². The summed E-state index contributed by atoms with van der Waals surface area (Å²) >= 11 is 2.23. The molecule has 0 heterocycles. The molecule has 0 aromatic carbocycles. The summed E-state index contributed by atoms with van der Waals surface area (Å²) in [5.74, 6) is 2.88. The monoisotopic (exact) mass is 320 g/mol. The van der Waals surface area contributed by atoms with Gasteiger partial charge in [0.15, 0.2) is 0 Å². The summed E-state index contributed by atoms with van der Waals surface area (Å²) in [6.07, 6.45) is 20.7. The summed E-state index contributed by atoms with van der Waals surface area (Å²) in [4.78, 5) is 0. The van der Waals surface area contributed by atoms with Gasteiger partial charge in [-0.25, -0.2) is 0 Å². The van der Waals surface area contributed by atoms with Gasteiger partial charge in [0.25, 0.3) is 0 Å². The van der Waals surface area contributed by atoms with Crippen molar-refractivity contribution in [3.63, 3.8) is 0 Å². The molecule has 0 unspecified atom stereocenters. The number of hydrogen-bond acceptors (Lipinski definition) is 1. The number of rotatable bonds is 4. The van der Waals surface area contributed by atoms with Crippen LogP contribution in [0.5, 0.6) is 0 Å². The third-order valence-electron chi connectivity index (χ3n) is 6.51. The van der Waals surface area contributed by atoms with Crippen LogP contribution in [0.2, 0.25) is 0 Å². The molecule has 126 valence electrons. The highest BCUT2D eigenvalue weighted by Gasteiger charge is 2.26. The molecular formula is C21H36S. The van der Waals surface area contributed by atoms with E-state index in [1.165, 1.54) is 89.9 Å². The van der Waals surface area contributed by atoms with Gasteiger partial charge in [-0.15, -0.1) is 11.8 Å². The average Bonchev–Trinajstić information content (AvgIpc) is 2.59. The molecule has 0 atom stereocenters. The largest absolute Gasteiger partial charge is 0.131 e. The molecule has 0 saturated heterocycles. The molecule has 0 aromatic heterocycles. The van der Waals surface area contributed by atoms with Crippen LogP contribution in [0.4, 0.5) is 0 Å². The first kappa shape index (κ1) is 16.9. The maximum absolute atomic E-state index is 2.70. The van der Waals surface area contributed by atoms with Crippen molar-refractivity contribution < 1.29 is 0 Å². The van der Waals surface area contributed by atoms with E-state index in [2.05, 4.69) is 24.1 Å². The van der Waals surface area contributed by atoms with Crippen LogP contribution in [0.3, 0.4) is 0 Å². The van der Waals surface area contributed by atoms with E-state index in [9.17, 15) is 0 Å². The van der Waals surface area contributed by atoms with Gasteiger partial charge in [0.1, 0.15) is 0 Å². The summed E-state index contributed by atoms with van der Waals surface area (Å²) < 4.78 is 0. The summed E-state index contributed by atoms with van der Waals surface area (Å²) in [5.41, 5.74) is 1.91. The van der Waals surface area contributed by atoms with Gasteiger partial charge in [0.2, 0.25) is 0 Å². The molecule has 1 heteroatoms. The lowest BCUT2D eigenvalue weighted by molar-refractivity contribution is 0.327. The Morgan fingerprint density at radius 1 is 0.682 bits per heavy atom. The lowest BCUT2D eigenvalue weighted by atomic mass is 9.74. The first-order chi connectivity index (χ1) is 10.8. The third kappa shape index (κ3) is 4.79. The van der Waals surface area contributed by atoms with E-state index in [4.69, 9.17) is 0 Å². The zero-order valence-corrected chi connectivity index (χ0v) is 15.5. The molecule has 0 aromatic rings. The van der Waals surface area contributed by atoms with Crippen LogP contribution >= 0.6 is 11.8 Å². The topological polar surface area (TPSA) is 0 Å². The van der Waals surface area contributed by atoms with Crippen molar-refractivity contribution in [3.05, 3.63) is 11.0 Å². The second kappa shape index (κ2) is 8.81. The Labute approximate surface area is 142 Å². The van der Waals surface area contributed by atoms with E-state index < -0.39 is 0 Å². The Kier molecular flexibility index (Phi) is 6.78. The van der Waals surface area contributed by atoms with Crippen molar-refractivity contribution in [2.45, 2.75) is 102 Å². The van der Waals surface area contributed by atoms with Crippen molar-refractivity contribution >= 4 is 11.8 Å². The summed E-state index contributed by atoms with van der Waals surface area (Å²) in [6.45, 7) is 2.44. The SMILES string of the molecule is CC1CCC(SC=C(C2CCCCC2)C2CCCCC2)CC1. The van der Waals surface area contributed by atoms with E-state index in [1.807, 2.05) is 5.57 Å². The van der Waals surface area contributed by atoms with Crippen molar-refractivity contribution in [1.82, 2.24) is 0 Å². The minimum Gasteiger partial charge on any atom is -0.131 e. The van der Waals surface area contributed by atoms with Crippen molar-refractivity contribution in [3.8, 4) is 0 Å². The maximum atomic E-state index is 2.70. The van der Waals surface area contributed by atoms with Gasteiger partial charge in [0.05, 0.1) is 0 Å². The van der Waals surface area contributed by atoms with Crippen molar-refractivity contribution in [1.29, 1.82) is 0 Å². The molecule has 0 N–H and O–H groups in total. The Morgan fingerprint density at radius 2 is 1.18 bits per heavy atom. The van der Waals surface area contributed by atoms with Crippen LogP contribution in [0.1, 0.15) is 96.8 Å². The van der Waals surface area contributed by atoms with Crippen molar-refractivity contribution in [2.24, 2.45) is 17.8 Å². The second-order valence-electron chi connectivity index (χ2n) is 8.31. The van der Waals surface area contributed by atoms with Crippen LogP contribution in [0, 0.1) is 17.8 Å². The normalized spacial score (nSPS) is 31.9. The van der Waals surface area contributed by atoms with Gasteiger partial charge in [-0.05, 0) is 74.5 Å². The van der Waals surface area contributed by atoms with Crippen LogP contribution in [-0.4, -0.2) is 5.25 Å². The van der Waals surface area contributed by atoms with Crippen LogP contribution < -0.4 is 0 Å². The fourth-order valence-corrected chi connectivity index (χ4v) is 6.22. The molecule has 3 rings (SSSR count). The Balaban J connectivity index is 1.62. The molecule has 0 radical (unpaired) electrons. The van der Waals surface area contributed by atoms with Gasteiger partial charge in [0, 0.05) is 5.25 Å². The molecule has 0 aliphatic heterocycles. The fraction of sp³-hybridized carbons (Fsp3) is 0.905. The van der Waals surface area contributed by atoms with Gasteiger partial charge in [-0.2, -0.15) is 0 Å². The fourth-order valence-electron chi connectivity index (χ4n) is 4.94. The van der Waals surface area contributed by atoms with Crippen LogP contribution in [0.25, 0.3) is 0 Å². The smallest absolute Gasteiger partial charge is 0.00886 e. The summed E-state index contributed by atoms with van der Waals surface area (Å²) in [5, 5.41) is 3.63. The highest BCUT2D eigenvalue weighted by atomic mass is 32.2. The minimum atomic E-state index is 0.929. The molecule has 3 aliphatic carbocycles. The Morgan fingerprint density at radius 3 is 1.68 bits per heavy atom. The second-order valence-corrected chi connectivity index (χ2v) is 9.48. The predicted octanol–water partition coefficient (Wildman–Crippen LogP) is 7.34. The number of hydrogen-bond donors (Lipinski definition) is 0. The van der Waals surface area contributed by atoms with Crippen molar-refractivity contribution in [2.75, 3.05) is 0 Å². The van der Waals surface area contributed by atoms with E-state index >= 15 is 0 Å². The number of allylic oxidation sites excluding steroid dienone is 1. The summed E-state index contributed by atoms with van der Waals surface area (Å²) in [6, 6.07) is 0. The Hall–Kier alpha value is 0.0900. The van der Waals surface area contributed by atoms with Gasteiger partial charge < -0.3 is 0 Å². The van der Waals surface area contributed by atoms with Gasteiger partial charge >= 0.3 is 0 Å². The van der Waals surface area contributed by atoms with Gasteiger partial charge in [-0.3, -0.25) is 0 Å².